The van der Waals surface area contributed by atoms with E-state index >= 15 is 0 Å². The summed E-state index contributed by atoms with van der Waals surface area (Å²) in [6.07, 6.45) is 0. The highest BCUT2D eigenvalue weighted by atomic mass is 32.2. The van der Waals surface area contributed by atoms with Gasteiger partial charge in [-0.25, -0.2) is 0 Å². The molecule has 0 N–H and O–H groups in total. The second-order valence-corrected chi connectivity index (χ2v) is 6.38. The third-order valence-electron chi connectivity index (χ3n) is 3.66. The van der Waals surface area contributed by atoms with Crippen LogP contribution in [0.1, 0.15) is 12.8 Å². The van der Waals surface area contributed by atoms with Crippen LogP contribution in [0.15, 0.2) is 64.3 Å². The summed E-state index contributed by atoms with van der Waals surface area (Å²) in [6, 6.07) is 17.3. The minimum Gasteiger partial charge on any atom is -0.492 e. The summed E-state index contributed by atoms with van der Waals surface area (Å²) in [6.45, 7) is 2.50. The Morgan fingerprint density at radius 1 is 1.07 bits per heavy atom. The summed E-state index contributed by atoms with van der Waals surface area (Å²) in [5.41, 5.74) is 1.69. The van der Waals surface area contributed by atoms with Crippen molar-refractivity contribution in [2.75, 3.05) is 6.61 Å². The third kappa shape index (κ3) is 3.82. The molecule has 0 spiro atoms. The van der Waals surface area contributed by atoms with Gasteiger partial charge in [0.25, 0.3) is 0 Å². The quantitative estimate of drug-likeness (QED) is 0.451. The number of benzene rings is 2. The first-order valence-corrected chi connectivity index (χ1v) is 9.35. The largest absolute Gasteiger partial charge is 0.492 e. The predicted molar refractivity (Wildman–Crippen MR) is 99.6 cm³/mol. The maximum atomic E-state index is 5.66. The molecular weight excluding hydrogens is 364 g/mol. The minimum atomic E-state index is 0.455. The SMILES string of the molecule is CCOc1ccccc1-n1nnnc1SCc1nc(-c2ccccc2)no1. The summed E-state index contributed by atoms with van der Waals surface area (Å²) in [5.74, 6) is 2.24. The van der Waals surface area contributed by atoms with E-state index in [4.69, 9.17) is 9.26 Å². The molecule has 136 valence electrons. The van der Waals surface area contributed by atoms with Crippen LogP contribution in [0.4, 0.5) is 0 Å². The van der Waals surface area contributed by atoms with Gasteiger partial charge in [0.1, 0.15) is 11.4 Å². The van der Waals surface area contributed by atoms with E-state index in [-0.39, 0.29) is 0 Å². The Morgan fingerprint density at radius 3 is 2.74 bits per heavy atom. The molecule has 8 nitrogen and oxygen atoms in total. The van der Waals surface area contributed by atoms with Gasteiger partial charge in [-0.1, -0.05) is 59.4 Å². The normalized spacial score (nSPS) is 10.9. The third-order valence-corrected chi connectivity index (χ3v) is 4.56. The van der Waals surface area contributed by atoms with Crippen molar-refractivity contribution in [3.63, 3.8) is 0 Å². The molecule has 0 fully saturated rings. The molecule has 0 aliphatic carbocycles. The molecule has 27 heavy (non-hydrogen) atoms. The molecule has 2 aromatic carbocycles. The van der Waals surface area contributed by atoms with Crippen LogP contribution in [0.5, 0.6) is 5.75 Å². The lowest BCUT2D eigenvalue weighted by Gasteiger charge is -2.10. The van der Waals surface area contributed by atoms with E-state index in [0.29, 0.717) is 29.2 Å². The van der Waals surface area contributed by atoms with E-state index in [0.717, 1.165) is 17.0 Å². The fraction of sp³-hybridized carbons (Fsp3) is 0.167. The van der Waals surface area contributed by atoms with Crippen LogP contribution in [-0.4, -0.2) is 37.0 Å². The van der Waals surface area contributed by atoms with Gasteiger partial charge in [-0.3, -0.25) is 0 Å². The van der Waals surface area contributed by atoms with E-state index in [2.05, 4.69) is 25.7 Å². The fourth-order valence-electron chi connectivity index (χ4n) is 2.47. The monoisotopic (exact) mass is 380 g/mol. The molecule has 0 bridgehead atoms. The average molecular weight is 380 g/mol. The van der Waals surface area contributed by atoms with Crippen LogP contribution < -0.4 is 4.74 Å². The highest BCUT2D eigenvalue weighted by Crippen LogP contribution is 2.27. The number of hydrogen-bond acceptors (Lipinski definition) is 8. The molecule has 0 aliphatic rings. The first kappa shape index (κ1) is 17.2. The van der Waals surface area contributed by atoms with Gasteiger partial charge in [0, 0.05) is 5.56 Å². The highest BCUT2D eigenvalue weighted by Gasteiger charge is 2.15. The minimum absolute atomic E-state index is 0.455. The molecule has 2 aromatic heterocycles. The van der Waals surface area contributed by atoms with Crippen molar-refractivity contribution in [2.24, 2.45) is 0 Å². The van der Waals surface area contributed by atoms with Gasteiger partial charge in [0.2, 0.25) is 16.9 Å². The van der Waals surface area contributed by atoms with Gasteiger partial charge in [0.05, 0.1) is 12.4 Å². The molecule has 0 radical (unpaired) electrons. The first-order valence-electron chi connectivity index (χ1n) is 8.36. The summed E-state index contributed by atoms with van der Waals surface area (Å²) < 4.78 is 12.6. The van der Waals surface area contributed by atoms with Crippen molar-refractivity contribution in [3.8, 4) is 22.8 Å². The molecule has 0 aliphatic heterocycles. The number of aromatic nitrogens is 6. The zero-order valence-electron chi connectivity index (χ0n) is 14.5. The number of tetrazole rings is 1. The number of ether oxygens (including phenoxy) is 1. The van der Waals surface area contributed by atoms with Crippen molar-refractivity contribution >= 4 is 11.8 Å². The van der Waals surface area contributed by atoms with Crippen LogP contribution >= 0.6 is 11.8 Å². The molecule has 4 aromatic rings. The van der Waals surface area contributed by atoms with Crippen LogP contribution in [0.25, 0.3) is 17.1 Å². The fourth-order valence-corrected chi connectivity index (χ4v) is 3.20. The Labute approximate surface area is 159 Å². The van der Waals surface area contributed by atoms with Crippen molar-refractivity contribution < 1.29 is 9.26 Å². The predicted octanol–water partition coefficient (Wildman–Crippen LogP) is 3.40. The van der Waals surface area contributed by atoms with E-state index in [1.54, 1.807) is 4.68 Å². The first-order chi connectivity index (χ1) is 13.3. The molecule has 0 saturated carbocycles. The van der Waals surface area contributed by atoms with Crippen molar-refractivity contribution in [3.05, 3.63) is 60.5 Å². The highest BCUT2D eigenvalue weighted by molar-refractivity contribution is 7.98. The van der Waals surface area contributed by atoms with Crippen molar-refractivity contribution in [2.45, 2.75) is 17.8 Å². The Morgan fingerprint density at radius 2 is 1.89 bits per heavy atom. The second kappa shape index (κ2) is 8.00. The number of nitrogens with zero attached hydrogens (tertiary/aromatic N) is 6. The molecule has 0 unspecified atom stereocenters. The van der Waals surface area contributed by atoms with Gasteiger partial charge in [-0.2, -0.15) is 9.67 Å². The van der Waals surface area contributed by atoms with Gasteiger partial charge in [0.15, 0.2) is 0 Å². The number of rotatable bonds is 7. The van der Waals surface area contributed by atoms with Gasteiger partial charge in [-0.05, 0) is 29.5 Å². The van der Waals surface area contributed by atoms with E-state index in [1.165, 1.54) is 11.8 Å². The second-order valence-electron chi connectivity index (χ2n) is 5.44. The van der Waals surface area contributed by atoms with Crippen LogP contribution in [0.2, 0.25) is 0 Å². The number of hydrogen-bond donors (Lipinski definition) is 0. The molecule has 9 heteroatoms. The van der Waals surface area contributed by atoms with E-state index in [1.807, 2.05) is 61.5 Å². The van der Waals surface area contributed by atoms with Crippen molar-refractivity contribution in [1.29, 1.82) is 0 Å². The lowest BCUT2D eigenvalue weighted by molar-refractivity contribution is 0.337. The average Bonchev–Trinajstić information content (AvgIpc) is 3.37. The molecule has 4 rings (SSSR count). The molecule has 0 amide bonds. The number of thioether (sulfide) groups is 1. The molecule has 0 atom stereocenters. The summed E-state index contributed by atoms with van der Waals surface area (Å²) in [5, 5.41) is 16.6. The van der Waals surface area contributed by atoms with Crippen LogP contribution in [0, 0.1) is 0 Å². The summed E-state index contributed by atoms with van der Waals surface area (Å²) >= 11 is 1.41. The standard InChI is InChI=1S/C18H16N6O2S/c1-2-25-15-11-7-6-10-14(15)24-18(20-22-23-24)27-12-16-19-17(21-26-16)13-8-4-3-5-9-13/h3-11H,2,12H2,1H3. The Balaban J connectivity index is 1.51. The number of para-hydroxylation sites is 2. The summed E-state index contributed by atoms with van der Waals surface area (Å²) in [4.78, 5) is 4.43. The lowest BCUT2D eigenvalue weighted by Crippen LogP contribution is -2.03. The van der Waals surface area contributed by atoms with Crippen LogP contribution in [-0.2, 0) is 5.75 Å². The maximum absolute atomic E-state index is 5.66. The molecule has 2 heterocycles. The molecule has 0 saturated heterocycles. The Kier molecular flexibility index (Phi) is 5.10. The Hall–Kier alpha value is -3.20. The maximum Gasteiger partial charge on any atom is 0.237 e. The van der Waals surface area contributed by atoms with Crippen molar-refractivity contribution in [1.82, 2.24) is 30.3 Å². The van der Waals surface area contributed by atoms with E-state index in [9.17, 15) is 0 Å². The topological polar surface area (TPSA) is 91.8 Å². The van der Waals surface area contributed by atoms with E-state index < -0.39 is 0 Å². The zero-order valence-corrected chi connectivity index (χ0v) is 15.3. The lowest BCUT2D eigenvalue weighted by atomic mass is 10.2. The molecular formula is C18H16N6O2S. The van der Waals surface area contributed by atoms with Crippen LogP contribution in [0.3, 0.4) is 0 Å². The summed E-state index contributed by atoms with van der Waals surface area (Å²) in [7, 11) is 0. The smallest absolute Gasteiger partial charge is 0.237 e. The zero-order chi connectivity index (χ0) is 18.5. The van der Waals surface area contributed by atoms with Gasteiger partial charge in [-0.15, -0.1) is 5.10 Å². The van der Waals surface area contributed by atoms with Gasteiger partial charge < -0.3 is 9.26 Å². The van der Waals surface area contributed by atoms with Gasteiger partial charge >= 0.3 is 0 Å². The Bertz CT molecular complexity index is 1020.